The highest BCUT2D eigenvalue weighted by Crippen LogP contribution is 2.35. The molecule has 1 amide bonds. The number of amides is 1. The lowest BCUT2D eigenvalue weighted by Gasteiger charge is -2.35. The molecule has 0 radical (unpaired) electrons. The van der Waals surface area contributed by atoms with E-state index in [4.69, 9.17) is 5.26 Å². The highest BCUT2D eigenvalue weighted by Gasteiger charge is 2.38. The van der Waals surface area contributed by atoms with Crippen molar-refractivity contribution in [3.63, 3.8) is 0 Å². The molecule has 2 N–H and O–H groups in total. The number of likely N-dealkylation sites (tertiary alicyclic amines) is 1. The van der Waals surface area contributed by atoms with Gasteiger partial charge < -0.3 is 9.88 Å². The van der Waals surface area contributed by atoms with Crippen LogP contribution in [0.1, 0.15) is 40.5 Å². The van der Waals surface area contributed by atoms with Gasteiger partial charge in [-0.25, -0.2) is 13.1 Å². The molecule has 166 valence electrons. The smallest absolute Gasteiger partial charge is 0.348 e. The average Bonchev–Trinajstić information content (AvgIpc) is 3.23. The maximum atomic E-state index is 12.7. The van der Waals surface area contributed by atoms with E-state index < -0.39 is 27.8 Å². The van der Waals surface area contributed by atoms with Gasteiger partial charge in [0.1, 0.15) is 5.03 Å². The summed E-state index contributed by atoms with van der Waals surface area (Å²) in [5.74, 6) is -0.550. The molecule has 1 aliphatic carbocycles. The van der Waals surface area contributed by atoms with Crippen molar-refractivity contribution in [1.82, 2.24) is 24.4 Å². The summed E-state index contributed by atoms with van der Waals surface area (Å²) in [5, 5.41) is 12.4. The third-order valence-corrected chi connectivity index (χ3v) is 7.04. The Kier molecular flexibility index (Phi) is 5.09. The fraction of sp³-hybridized carbons (Fsp3) is 0.500. The molecule has 3 heterocycles. The van der Waals surface area contributed by atoms with Crippen molar-refractivity contribution in [1.29, 1.82) is 5.26 Å². The van der Waals surface area contributed by atoms with Crippen molar-refractivity contribution in [3.8, 4) is 6.07 Å². The lowest BCUT2D eigenvalue weighted by Crippen LogP contribution is -2.49. The predicted molar refractivity (Wildman–Crippen MR) is 100 cm³/mol. The van der Waals surface area contributed by atoms with Crippen LogP contribution in [0.15, 0.2) is 23.5 Å². The van der Waals surface area contributed by atoms with Gasteiger partial charge in [0.15, 0.2) is 0 Å². The number of rotatable bonds is 5. The largest absolute Gasteiger partial charge is 0.419 e. The van der Waals surface area contributed by atoms with E-state index >= 15 is 0 Å². The number of nitriles is 1. The van der Waals surface area contributed by atoms with Crippen molar-refractivity contribution in [2.45, 2.75) is 43.1 Å². The molecule has 0 aromatic carbocycles. The second kappa shape index (κ2) is 7.38. The standard InChI is InChI=1S/C18H19F3N6O3S/c1-10-15(17(28)26-7-11(5-22)8-26)4-16(24-10)31(29,30)25-13-2-14(3-13)27-9-12(6-23-27)18(19,20)21/h4,6,9,11,13-14,24-25H,2-3,7-8H2,1H3. The topological polar surface area (TPSA) is 124 Å². The van der Waals surface area contributed by atoms with Crippen LogP contribution >= 0.6 is 0 Å². The molecule has 9 nitrogen and oxygen atoms in total. The molecule has 2 fully saturated rings. The van der Waals surface area contributed by atoms with Crippen molar-refractivity contribution in [2.24, 2.45) is 5.92 Å². The fourth-order valence-electron chi connectivity index (χ4n) is 3.66. The number of aromatic nitrogens is 3. The predicted octanol–water partition coefficient (Wildman–Crippen LogP) is 1.82. The molecular weight excluding hydrogens is 437 g/mol. The molecule has 1 saturated heterocycles. The van der Waals surface area contributed by atoms with Gasteiger partial charge in [-0.05, 0) is 25.8 Å². The Hall–Kier alpha value is -2.85. The normalized spacial score (nSPS) is 22.0. The number of nitrogens with one attached hydrogen (secondary N) is 2. The number of H-pyrrole nitrogens is 1. The monoisotopic (exact) mass is 456 g/mol. The van der Waals surface area contributed by atoms with Gasteiger partial charge in [0.25, 0.3) is 15.9 Å². The van der Waals surface area contributed by atoms with Gasteiger partial charge in [-0.1, -0.05) is 0 Å². The second-order valence-electron chi connectivity index (χ2n) is 7.86. The molecule has 13 heteroatoms. The maximum absolute atomic E-state index is 12.7. The molecule has 0 bridgehead atoms. The van der Waals surface area contributed by atoms with Crippen LogP contribution in [0.25, 0.3) is 0 Å². The van der Waals surface area contributed by atoms with Crippen LogP contribution in [0.3, 0.4) is 0 Å². The lowest BCUT2D eigenvalue weighted by atomic mass is 9.88. The van der Waals surface area contributed by atoms with E-state index in [2.05, 4.69) is 20.9 Å². The third kappa shape index (κ3) is 4.05. The number of carbonyl (C=O) groups excluding carboxylic acids is 1. The van der Waals surface area contributed by atoms with E-state index in [0.29, 0.717) is 31.6 Å². The summed E-state index contributed by atoms with van der Waals surface area (Å²) in [6.07, 6.45) is -2.22. The molecule has 0 spiro atoms. The van der Waals surface area contributed by atoms with E-state index in [9.17, 15) is 26.4 Å². The van der Waals surface area contributed by atoms with Crippen molar-refractivity contribution in [3.05, 3.63) is 35.3 Å². The minimum atomic E-state index is -4.48. The first-order valence-electron chi connectivity index (χ1n) is 9.50. The zero-order valence-corrected chi connectivity index (χ0v) is 17.2. The van der Waals surface area contributed by atoms with E-state index in [-0.39, 0.29) is 28.5 Å². The van der Waals surface area contributed by atoms with Crippen molar-refractivity contribution < 1.29 is 26.4 Å². The number of carbonyl (C=O) groups is 1. The number of aryl methyl sites for hydroxylation is 1. The Balaban J connectivity index is 1.38. The Morgan fingerprint density at radius 1 is 1.35 bits per heavy atom. The zero-order chi connectivity index (χ0) is 22.6. The molecule has 31 heavy (non-hydrogen) atoms. The number of alkyl halides is 3. The molecular formula is C18H19F3N6O3S. The summed E-state index contributed by atoms with van der Waals surface area (Å²) < 4.78 is 67.1. The first-order valence-corrected chi connectivity index (χ1v) is 11.0. The number of hydrogen-bond donors (Lipinski definition) is 2. The molecule has 0 unspecified atom stereocenters. The van der Waals surface area contributed by atoms with E-state index in [1.807, 2.05) is 0 Å². The molecule has 0 atom stereocenters. The van der Waals surface area contributed by atoms with Crippen LogP contribution in [-0.2, 0) is 16.2 Å². The highest BCUT2D eigenvalue weighted by molar-refractivity contribution is 7.89. The van der Waals surface area contributed by atoms with Gasteiger partial charge in [0, 0.05) is 31.0 Å². The third-order valence-electron chi connectivity index (χ3n) is 5.60. The van der Waals surface area contributed by atoms with Crippen molar-refractivity contribution in [2.75, 3.05) is 13.1 Å². The maximum Gasteiger partial charge on any atom is 0.419 e. The quantitative estimate of drug-likeness (QED) is 0.710. The van der Waals surface area contributed by atoms with Gasteiger partial charge in [-0.3, -0.25) is 9.48 Å². The van der Waals surface area contributed by atoms with Gasteiger partial charge >= 0.3 is 6.18 Å². The van der Waals surface area contributed by atoms with Crippen LogP contribution < -0.4 is 4.72 Å². The number of aromatic amines is 1. The Morgan fingerprint density at radius 3 is 2.61 bits per heavy atom. The molecule has 2 aromatic rings. The van der Waals surface area contributed by atoms with Crippen LogP contribution in [0.5, 0.6) is 0 Å². The highest BCUT2D eigenvalue weighted by atomic mass is 32.2. The fourth-order valence-corrected chi connectivity index (χ4v) is 4.98. The van der Waals surface area contributed by atoms with Gasteiger partial charge in [0.05, 0.1) is 35.4 Å². The minimum Gasteiger partial charge on any atom is -0.348 e. The average molecular weight is 456 g/mol. The molecule has 2 aromatic heterocycles. The Bertz CT molecular complexity index is 1150. The molecule has 1 aliphatic heterocycles. The number of sulfonamides is 1. The first-order chi connectivity index (χ1) is 14.5. The summed E-state index contributed by atoms with van der Waals surface area (Å²) in [4.78, 5) is 16.7. The van der Waals surface area contributed by atoms with Crippen LogP contribution in [0.4, 0.5) is 13.2 Å². The number of hydrogen-bond acceptors (Lipinski definition) is 5. The van der Waals surface area contributed by atoms with Crippen LogP contribution in [-0.4, -0.2) is 53.1 Å². The summed E-state index contributed by atoms with van der Waals surface area (Å²) in [5.41, 5.74) is -0.230. The van der Waals surface area contributed by atoms with Gasteiger partial charge in [-0.15, -0.1) is 0 Å². The SMILES string of the molecule is Cc1[nH]c(S(=O)(=O)NC2CC(n3cc(C(F)(F)F)cn3)C2)cc1C(=O)N1CC(C#N)C1. The van der Waals surface area contributed by atoms with Gasteiger partial charge in [0.2, 0.25) is 0 Å². The summed E-state index contributed by atoms with van der Waals surface area (Å²) in [6, 6.07) is 2.55. The number of halogens is 3. The van der Waals surface area contributed by atoms with E-state index in [0.717, 1.165) is 12.4 Å². The zero-order valence-electron chi connectivity index (χ0n) is 16.3. The van der Waals surface area contributed by atoms with Crippen LogP contribution in [0.2, 0.25) is 0 Å². The number of nitrogens with zero attached hydrogens (tertiary/aromatic N) is 4. The second-order valence-corrected chi connectivity index (χ2v) is 9.54. The van der Waals surface area contributed by atoms with E-state index in [1.54, 1.807) is 6.92 Å². The van der Waals surface area contributed by atoms with Crippen LogP contribution in [0, 0.1) is 24.2 Å². The molecule has 4 rings (SSSR count). The Labute approximate surface area is 175 Å². The van der Waals surface area contributed by atoms with Gasteiger partial charge in [-0.2, -0.15) is 23.5 Å². The minimum absolute atomic E-state index is 0.160. The molecule has 2 aliphatic rings. The summed E-state index contributed by atoms with van der Waals surface area (Å²) >= 11 is 0. The Morgan fingerprint density at radius 2 is 2.03 bits per heavy atom. The summed E-state index contributed by atoms with van der Waals surface area (Å²) in [7, 11) is -3.95. The van der Waals surface area contributed by atoms with E-state index in [1.165, 1.54) is 15.6 Å². The lowest BCUT2D eigenvalue weighted by molar-refractivity contribution is -0.137. The first kappa shape index (κ1) is 21.4. The molecule has 1 saturated carbocycles. The summed E-state index contributed by atoms with van der Waals surface area (Å²) in [6.45, 7) is 2.21. The van der Waals surface area contributed by atoms with Crippen molar-refractivity contribution >= 4 is 15.9 Å².